The molecule has 0 saturated carbocycles. The second-order valence-electron chi connectivity index (χ2n) is 12.3. The number of rotatable bonds is 15. The summed E-state index contributed by atoms with van der Waals surface area (Å²) in [6, 6.07) is 19.4. The van der Waals surface area contributed by atoms with Crippen molar-refractivity contribution in [3.8, 4) is 0 Å². The molecule has 1 saturated heterocycles. The molecule has 0 aliphatic carbocycles. The van der Waals surface area contributed by atoms with Crippen LogP contribution < -0.4 is 16.0 Å². The van der Waals surface area contributed by atoms with Gasteiger partial charge in [0.25, 0.3) is 5.91 Å². The Labute approximate surface area is 268 Å². The van der Waals surface area contributed by atoms with Gasteiger partial charge in [-0.15, -0.1) is 0 Å². The van der Waals surface area contributed by atoms with Crippen LogP contribution in [0, 0.1) is 6.92 Å². The lowest BCUT2D eigenvalue weighted by molar-refractivity contribution is 0.0369. The summed E-state index contributed by atoms with van der Waals surface area (Å²) >= 11 is 0. The summed E-state index contributed by atoms with van der Waals surface area (Å²) in [5, 5.41) is 9.57. The first-order valence-corrected chi connectivity index (χ1v) is 15.6. The van der Waals surface area contributed by atoms with Crippen LogP contribution >= 0.6 is 0 Å². The summed E-state index contributed by atoms with van der Waals surface area (Å²) in [6.07, 6.45) is 3.89. The predicted octanol–water partition coefficient (Wildman–Crippen LogP) is 6.84. The van der Waals surface area contributed by atoms with Crippen LogP contribution in [0.1, 0.15) is 55.2 Å². The van der Waals surface area contributed by atoms with Crippen molar-refractivity contribution in [3.63, 3.8) is 0 Å². The van der Waals surface area contributed by atoms with Gasteiger partial charge in [-0.2, -0.15) is 0 Å². The zero-order chi connectivity index (χ0) is 32.2. The second kappa shape index (κ2) is 16.1. The first kappa shape index (κ1) is 33.6. The van der Waals surface area contributed by atoms with Crippen LogP contribution in [-0.2, 0) is 16.0 Å². The predicted molar refractivity (Wildman–Crippen MR) is 183 cm³/mol. The van der Waals surface area contributed by atoms with Gasteiger partial charge in [-0.1, -0.05) is 42.5 Å². The molecular weight excluding hydrogens is 564 g/mol. The molecule has 3 N–H and O–H groups in total. The Morgan fingerprint density at radius 3 is 2.29 bits per heavy atom. The summed E-state index contributed by atoms with van der Waals surface area (Å²) in [6.45, 7) is 22.4. The number of pyridine rings is 1. The Morgan fingerprint density at radius 1 is 0.956 bits per heavy atom. The van der Waals surface area contributed by atoms with Gasteiger partial charge >= 0.3 is 0 Å². The Hall–Kier alpha value is -4.34. The molecule has 0 atom stereocenters. The fraction of sp³-hybridized carbons (Fsp3) is 0.389. The standard InChI is InChI=1S/C36H48N6O3/c1-27-13-16-31(17-14-27)38-28(2)42(20-10-9-19-41-21-23-44-24-22-41)26-30-15-18-34(37-25-30)35(43)40-33-12-8-7-11-32(33)39-29(3)45-36(4,5)6/h7-8,11-18,25,38-39H,2-3,9-10,19-24,26H2,1,4-6H3,(H,40,43). The monoisotopic (exact) mass is 612 g/mol. The fourth-order valence-corrected chi connectivity index (χ4v) is 4.96. The molecule has 1 aromatic heterocycles. The van der Waals surface area contributed by atoms with Gasteiger partial charge in [-0.3, -0.25) is 14.7 Å². The number of nitrogens with one attached hydrogen (secondary N) is 3. The molecular formula is C36H48N6O3. The van der Waals surface area contributed by atoms with E-state index in [2.05, 4.69) is 75.1 Å². The summed E-state index contributed by atoms with van der Waals surface area (Å²) in [7, 11) is 0. The Morgan fingerprint density at radius 2 is 1.64 bits per heavy atom. The number of aromatic nitrogens is 1. The minimum Gasteiger partial charge on any atom is -0.474 e. The van der Waals surface area contributed by atoms with E-state index in [-0.39, 0.29) is 5.91 Å². The van der Waals surface area contributed by atoms with Gasteiger partial charge in [0.1, 0.15) is 11.3 Å². The second-order valence-corrected chi connectivity index (χ2v) is 12.3. The van der Waals surface area contributed by atoms with Crippen LogP contribution in [0.4, 0.5) is 17.1 Å². The SMILES string of the molecule is C=C(Nc1ccccc1NC(=O)c1ccc(CN(CCCCN2CCOCC2)C(=C)Nc2ccc(C)cc2)cn1)OC(C)(C)C. The molecule has 3 aromatic rings. The number of amides is 1. The average molecular weight is 613 g/mol. The Kier molecular flexibility index (Phi) is 12.0. The highest BCUT2D eigenvalue weighted by molar-refractivity contribution is 6.04. The minimum absolute atomic E-state index is 0.302. The van der Waals surface area contributed by atoms with E-state index < -0.39 is 5.60 Å². The molecule has 0 bridgehead atoms. The lowest BCUT2D eigenvalue weighted by Gasteiger charge is -2.29. The lowest BCUT2D eigenvalue weighted by Crippen LogP contribution is -2.37. The number of hydrogen-bond acceptors (Lipinski definition) is 8. The molecule has 45 heavy (non-hydrogen) atoms. The van der Waals surface area contributed by atoms with Crippen LogP contribution in [0.25, 0.3) is 0 Å². The van der Waals surface area contributed by atoms with Gasteiger partial charge in [0, 0.05) is 38.1 Å². The quantitative estimate of drug-likeness (QED) is 0.127. The molecule has 2 heterocycles. The topological polar surface area (TPSA) is 91.0 Å². The molecule has 1 amide bonds. The van der Waals surface area contributed by atoms with Crippen molar-refractivity contribution in [2.24, 2.45) is 0 Å². The summed E-state index contributed by atoms with van der Waals surface area (Å²) < 4.78 is 11.3. The first-order chi connectivity index (χ1) is 21.6. The summed E-state index contributed by atoms with van der Waals surface area (Å²) in [5.41, 5.74) is 4.42. The zero-order valence-electron chi connectivity index (χ0n) is 27.2. The number of unbranched alkanes of at least 4 members (excludes halogenated alkanes) is 1. The Balaban J connectivity index is 1.38. The number of nitrogens with zero attached hydrogens (tertiary/aromatic N) is 3. The zero-order valence-corrected chi connectivity index (χ0v) is 27.2. The third kappa shape index (κ3) is 11.3. The maximum absolute atomic E-state index is 13.2. The number of benzene rings is 2. The number of carbonyl (C=O) groups excluding carboxylic acids is 1. The van der Waals surface area contributed by atoms with E-state index in [1.807, 2.05) is 51.1 Å². The van der Waals surface area contributed by atoms with E-state index in [4.69, 9.17) is 9.47 Å². The minimum atomic E-state index is -0.393. The molecule has 1 aliphatic heterocycles. The average Bonchev–Trinajstić information content (AvgIpc) is 3.00. The number of ether oxygens (including phenoxy) is 2. The molecule has 0 radical (unpaired) electrons. The number of para-hydroxylation sites is 2. The van der Waals surface area contributed by atoms with Crippen LogP contribution in [0.15, 0.2) is 91.7 Å². The Bertz CT molecular complexity index is 1410. The van der Waals surface area contributed by atoms with E-state index in [1.165, 1.54) is 5.56 Å². The van der Waals surface area contributed by atoms with E-state index in [1.54, 1.807) is 12.3 Å². The van der Waals surface area contributed by atoms with Crippen LogP contribution in [-0.4, -0.2) is 65.7 Å². The van der Waals surface area contributed by atoms with Gasteiger partial charge in [0.05, 0.1) is 30.4 Å². The van der Waals surface area contributed by atoms with E-state index in [9.17, 15) is 4.79 Å². The van der Waals surface area contributed by atoms with Crippen molar-refractivity contribution in [1.82, 2.24) is 14.8 Å². The molecule has 9 heteroatoms. The van der Waals surface area contributed by atoms with Crippen LogP contribution in [0.5, 0.6) is 0 Å². The van der Waals surface area contributed by atoms with E-state index in [0.717, 1.165) is 69.3 Å². The van der Waals surface area contributed by atoms with Crippen LogP contribution in [0.2, 0.25) is 0 Å². The molecule has 0 spiro atoms. The highest BCUT2D eigenvalue weighted by Crippen LogP contribution is 2.25. The number of aryl methyl sites for hydroxylation is 1. The summed E-state index contributed by atoms with van der Waals surface area (Å²) in [5.74, 6) is 0.924. The van der Waals surface area contributed by atoms with Crippen molar-refractivity contribution >= 4 is 23.0 Å². The molecule has 9 nitrogen and oxygen atoms in total. The van der Waals surface area contributed by atoms with Gasteiger partial charge in [-0.05, 0) is 89.6 Å². The third-order valence-electron chi connectivity index (χ3n) is 7.29. The number of anilines is 3. The van der Waals surface area contributed by atoms with Gasteiger partial charge in [0.2, 0.25) is 0 Å². The van der Waals surface area contributed by atoms with Crippen molar-refractivity contribution in [3.05, 3.63) is 109 Å². The highest BCUT2D eigenvalue weighted by Gasteiger charge is 2.16. The largest absolute Gasteiger partial charge is 0.474 e. The summed E-state index contributed by atoms with van der Waals surface area (Å²) in [4.78, 5) is 22.4. The molecule has 1 fully saturated rings. The van der Waals surface area contributed by atoms with Crippen molar-refractivity contribution in [1.29, 1.82) is 0 Å². The molecule has 4 rings (SSSR count). The number of morpholine rings is 1. The third-order valence-corrected chi connectivity index (χ3v) is 7.29. The maximum atomic E-state index is 13.2. The van der Waals surface area contributed by atoms with E-state index in [0.29, 0.717) is 29.5 Å². The van der Waals surface area contributed by atoms with Gasteiger partial charge in [0.15, 0.2) is 5.88 Å². The van der Waals surface area contributed by atoms with Crippen molar-refractivity contribution in [2.45, 2.75) is 52.7 Å². The molecule has 1 aliphatic rings. The lowest BCUT2D eigenvalue weighted by atomic mass is 10.2. The molecule has 2 aromatic carbocycles. The normalized spacial score (nSPS) is 13.5. The van der Waals surface area contributed by atoms with E-state index >= 15 is 0 Å². The van der Waals surface area contributed by atoms with Crippen molar-refractivity contribution in [2.75, 3.05) is 55.3 Å². The maximum Gasteiger partial charge on any atom is 0.274 e. The van der Waals surface area contributed by atoms with Crippen molar-refractivity contribution < 1.29 is 14.3 Å². The smallest absolute Gasteiger partial charge is 0.274 e. The number of hydrogen-bond donors (Lipinski definition) is 3. The molecule has 240 valence electrons. The fourth-order valence-electron chi connectivity index (χ4n) is 4.96. The van der Waals surface area contributed by atoms with Gasteiger partial charge in [-0.25, -0.2) is 0 Å². The highest BCUT2D eigenvalue weighted by atomic mass is 16.5. The first-order valence-electron chi connectivity index (χ1n) is 15.6. The van der Waals surface area contributed by atoms with Crippen LogP contribution in [0.3, 0.4) is 0 Å². The van der Waals surface area contributed by atoms with Gasteiger partial charge < -0.3 is 30.3 Å². The number of carbonyl (C=O) groups is 1. The molecule has 0 unspecified atom stereocenters.